The molecule has 0 aliphatic rings. The predicted octanol–water partition coefficient (Wildman–Crippen LogP) is 3.72. The molecule has 1 heterocycles. The number of sulfonamides is 1. The Balaban J connectivity index is 1.70. The molecular weight excluding hydrogens is 355 g/mol. The zero-order chi connectivity index (χ0) is 18.6. The van der Waals surface area contributed by atoms with Gasteiger partial charge < -0.3 is 5.32 Å². The summed E-state index contributed by atoms with van der Waals surface area (Å²) < 4.78 is 40.0. The van der Waals surface area contributed by atoms with E-state index in [-0.39, 0.29) is 16.5 Å². The SMILES string of the molecule is CCc1ccc(S(=O)(=O)Nc2ccc(Nc3ccc(F)cc3)nn2)cc1. The molecule has 6 nitrogen and oxygen atoms in total. The van der Waals surface area contributed by atoms with Gasteiger partial charge in [0, 0.05) is 5.69 Å². The molecule has 0 fully saturated rings. The van der Waals surface area contributed by atoms with E-state index in [1.807, 2.05) is 6.92 Å². The van der Waals surface area contributed by atoms with Crippen LogP contribution in [0.3, 0.4) is 0 Å². The van der Waals surface area contributed by atoms with E-state index in [0.717, 1.165) is 12.0 Å². The number of nitrogens with one attached hydrogen (secondary N) is 2. The van der Waals surface area contributed by atoms with Gasteiger partial charge >= 0.3 is 0 Å². The van der Waals surface area contributed by atoms with Crippen LogP contribution in [-0.4, -0.2) is 18.6 Å². The van der Waals surface area contributed by atoms with Gasteiger partial charge in [0.1, 0.15) is 5.82 Å². The first-order chi connectivity index (χ1) is 12.5. The van der Waals surface area contributed by atoms with Gasteiger partial charge in [-0.25, -0.2) is 12.8 Å². The lowest BCUT2D eigenvalue weighted by molar-refractivity contribution is 0.601. The summed E-state index contributed by atoms with van der Waals surface area (Å²) in [5.74, 6) is 0.180. The molecule has 0 bridgehead atoms. The Bertz CT molecular complexity index is 973. The van der Waals surface area contributed by atoms with Crippen molar-refractivity contribution < 1.29 is 12.8 Å². The van der Waals surface area contributed by atoms with E-state index in [9.17, 15) is 12.8 Å². The molecule has 0 unspecified atom stereocenters. The maximum Gasteiger partial charge on any atom is 0.263 e. The molecule has 2 N–H and O–H groups in total. The van der Waals surface area contributed by atoms with Crippen LogP contribution in [0.25, 0.3) is 0 Å². The summed E-state index contributed by atoms with van der Waals surface area (Å²) in [4.78, 5) is 0.157. The minimum atomic E-state index is -3.73. The van der Waals surface area contributed by atoms with E-state index >= 15 is 0 Å². The molecule has 0 saturated heterocycles. The first-order valence-electron chi connectivity index (χ1n) is 7.94. The lowest BCUT2D eigenvalue weighted by Gasteiger charge is -2.09. The van der Waals surface area contributed by atoms with E-state index in [4.69, 9.17) is 0 Å². The fourth-order valence-corrected chi connectivity index (χ4v) is 3.23. The largest absolute Gasteiger partial charge is 0.339 e. The third kappa shape index (κ3) is 4.34. The summed E-state index contributed by atoms with van der Waals surface area (Å²) in [6.45, 7) is 2.00. The predicted molar refractivity (Wildman–Crippen MR) is 98.3 cm³/mol. The van der Waals surface area contributed by atoms with Crippen molar-refractivity contribution in [3.8, 4) is 0 Å². The van der Waals surface area contributed by atoms with Crippen LogP contribution >= 0.6 is 0 Å². The number of anilines is 3. The van der Waals surface area contributed by atoms with Crippen molar-refractivity contribution >= 4 is 27.3 Å². The molecule has 3 aromatic rings. The van der Waals surface area contributed by atoms with Crippen LogP contribution in [0.15, 0.2) is 65.6 Å². The van der Waals surface area contributed by atoms with Crippen LogP contribution in [0.5, 0.6) is 0 Å². The van der Waals surface area contributed by atoms with E-state index in [1.165, 1.54) is 18.2 Å². The minimum Gasteiger partial charge on any atom is -0.339 e. The van der Waals surface area contributed by atoms with Gasteiger partial charge in [-0.05, 0) is 60.5 Å². The fraction of sp³-hybridized carbons (Fsp3) is 0.111. The maximum absolute atomic E-state index is 12.9. The number of aryl methyl sites for hydroxylation is 1. The standard InChI is InChI=1S/C18H17FN4O2S/c1-2-13-3-9-16(10-4-13)26(24,25)23-18-12-11-17(21-22-18)20-15-7-5-14(19)6-8-15/h3-12H,2H2,1H3,(H,20,21)(H,22,23). The van der Waals surface area contributed by atoms with Crippen molar-refractivity contribution in [1.82, 2.24) is 10.2 Å². The van der Waals surface area contributed by atoms with E-state index in [1.54, 1.807) is 42.5 Å². The average Bonchev–Trinajstić information content (AvgIpc) is 2.65. The highest BCUT2D eigenvalue weighted by Crippen LogP contribution is 2.18. The lowest BCUT2D eigenvalue weighted by atomic mass is 10.2. The van der Waals surface area contributed by atoms with E-state index in [2.05, 4.69) is 20.2 Å². The molecule has 0 aliphatic heterocycles. The maximum atomic E-state index is 12.9. The van der Waals surface area contributed by atoms with Crippen LogP contribution in [0.4, 0.5) is 21.7 Å². The smallest absolute Gasteiger partial charge is 0.263 e. The van der Waals surface area contributed by atoms with Crippen molar-refractivity contribution in [2.45, 2.75) is 18.2 Å². The normalized spacial score (nSPS) is 11.2. The van der Waals surface area contributed by atoms with Crippen LogP contribution in [0.2, 0.25) is 0 Å². The van der Waals surface area contributed by atoms with Crippen LogP contribution in [-0.2, 0) is 16.4 Å². The molecule has 0 amide bonds. The summed E-state index contributed by atoms with van der Waals surface area (Å²) in [5, 5.41) is 10.7. The molecule has 1 aromatic heterocycles. The third-order valence-corrected chi connectivity index (χ3v) is 5.03. The van der Waals surface area contributed by atoms with Gasteiger partial charge in [0.15, 0.2) is 11.6 Å². The highest BCUT2D eigenvalue weighted by molar-refractivity contribution is 7.92. The molecule has 0 aliphatic carbocycles. The molecule has 8 heteroatoms. The van der Waals surface area contributed by atoms with Crippen LogP contribution < -0.4 is 10.0 Å². The zero-order valence-corrected chi connectivity index (χ0v) is 14.8. The second-order valence-corrected chi connectivity index (χ2v) is 7.22. The average molecular weight is 372 g/mol. The van der Waals surface area contributed by atoms with Crippen molar-refractivity contribution in [3.63, 3.8) is 0 Å². The van der Waals surface area contributed by atoms with E-state index < -0.39 is 10.0 Å². The Morgan fingerprint density at radius 3 is 2.08 bits per heavy atom. The first kappa shape index (κ1) is 17.8. The number of rotatable bonds is 6. The topological polar surface area (TPSA) is 84.0 Å². The second-order valence-electron chi connectivity index (χ2n) is 5.54. The Kier molecular flexibility index (Phi) is 5.13. The summed E-state index contributed by atoms with van der Waals surface area (Å²) in [5.41, 5.74) is 1.70. The van der Waals surface area contributed by atoms with Gasteiger partial charge in [-0.1, -0.05) is 19.1 Å². The third-order valence-electron chi connectivity index (χ3n) is 3.66. The molecular formula is C18H17FN4O2S. The van der Waals surface area contributed by atoms with Gasteiger partial charge in [-0.15, -0.1) is 10.2 Å². The number of hydrogen-bond donors (Lipinski definition) is 2. The van der Waals surface area contributed by atoms with Crippen molar-refractivity contribution in [3.05, 3.63) is 72.0 Å². The first-order valence-corrected chi connectivity index (χ1v) is 9.43. The molecule has 134 valence electrons. The summed E-state index contributed by atoms with van der Waals surface area (Å²) >= 11 is 0. The quantitative estimate of drug-likeness (QED) is 0.689. The molecule has 0 radical (unpaired) electrons. The highest BCUT2D eigenvalue weighted by atomic mass is 32.2. The summed E-state index contributed by atoms with van der Waals surface area (Å²) in [6.07, 6.45) is 0.835. The number of aromatic nitrogens is 2. The van der Waals surface area contributed by atoms with Crippen molar-refractivity contribution in [1.29, 1.82) is 0 Å². The number of nitrogens with zero attached hydrogens (tertiary/aromatic N) is 2. The van der Waals surface area contributed by atoms with Gasteiger partial charge in [0.05, 0.1) is 4.90 Å². The lowest BCUT2D eigenvalue weighted by Crippen LogP contribution is -2.14. The Labute approximate surface area is 151 Å². The molecule has 0 atom stereocenters. The van der Waals surface area contributed by atoms with Gasteiger partial charge in [-0.2, -0.15) is 0 Å². The Morgan fingerprint density at radius 2 is 1.50 bits per heavy atom. The minimum absolute atomic E-state index is 0.106. The monoisotopic (exact) mass is 372 g/mol. The number of hydrogen-bond acceptors (Lipinski definition) is 5. The van der Waals surface area contributed by atoms with Crippen molar-refractivity contribution in [2.24, 2.45) is 0 Å². The number of benzene rings is 2. The second kappa shape index (κ2) is 7.49. The van der Waals surface area contributed by atoms with Crippen LogP contribution in [0.1, 0.15) is 12.5 Å². The molecule has 3 rings (SSSR count). The van der Waals surface area contributed by atoms with Crippen molar-refractivity contribution in [2.75, 3.05) is 10.0 Å². The van der Waals surface area contributed by atoms with Gasteiger partial charge in [-0.3, -0.25) is 4.72 Å². The molecule has 26 heavy (non-hydrogen) atoms. The molecule has 0 spiro atoms. The van der Waals surface area contributed by atoms with Gasteiger partial charge in [0.2, 0.25) is 0 Å². The Morgan fingerprint density at radius 1 is 0.885 bits per heavy atom. The summed E-state index contributed by atoms with van der Waals surface area (Å²) in [7, 11) is -3.73. The summed E-state index contributed by atoms with van der Waals surface area (Å²) in [6, 6.07) is 15.5. The van der Waals surface area contributed by atoms with E-state index in [0.29, 0.717) is 11.5 Å². The fourth-order valence-electron chi connectivity index (χ4n) is 2.24. The Hall–Kier alpha value is -3.00. The zero-order valence-electron chi connectivity index (χ0n) is 14.0. The molecule has 0 saturated carbocycles. The van der Waals surface area contributed by atoms with Gasteiger partial charge in [0.25, 0.3) is 10.0 Å². The van der Waals surface area contributed by atoms with Crippen LogP contribution in [0, 0.1) is 5.82 Å². The molecule has 2 aromatic carbocycles. The number of halogens is 1. The highest BCUT2D eigenvalue weighted by Gasteiger charge is 2.15.